The monoisotopic (exact) mass is 268 g/mol. The molecule has 19 heavy (non-hydrogen) atoms. The molecule has 0 aliphatic rings. The van der Waals surface area contributed by atoms with E-state index in [0.29, 0.717) is 18.8 Å². The second-order valence-electron chi connectivity index (χ2n) is 4.46. The predicted octanol–water partition coefficient (Wildman–Crippen LogP) is 1.76. The van der Waals surface area contributed by atoms with Crippen LogP contribution in [0, 0.1) is 12.7 Å². The first-order valence-corrected chi connectivity index (χ1v) is 6.46. The van der Waals surface area contributed by atoms with Crippen LogP contribution < -0.4 is 15.8 Å². The molecule has 0 heterocycles. The quantitative estimate of drug-likeness (QED) is 0.755. The van der Waals surface area contributed by atoms with Gasteiger partial charge in [-0.25, -0.2) is 4.39 Å². The first-order chi connectivity index (χ1) is 9.04. The van der Waals surface area contributed by atoms with Gasteiger partial charge in [0, 0.05) is 12.5 Å². The van der Waals surface area contributed by atoms with E-state index < -0.39 is 11.9 Å². The van der Waals surface area contributed by atoms with Crippen molar-refractivity contribution in [2.75, 3.05) is 13.2 Å². The third kappa shape index (κ3) is 5.26. The third-order valence-electron chi connectivity index (χ3n) is 2.80. The van der Waals surface area contributed by atoms with E-state index in [9.17, 15) is 9.18 Å². The highest BCUT2D eigenvalue weighted by molar-refractivity contribution is 5.79. The van der Waals surface area contributed by atoms with Gasteiger partial charge in [0.25, 0.3) is 0 Å². The Hall–Kier alpha value is -1.62. The van der Waals surface area contributed by atoms with Crippen LogP contribution in [0.15, 0.2) is 18.2 Å². The highest BCUT2D eigenvalue weighted by Gasteiger charge is 2.14. The Labute approximate surface area is 113 Å². The van der Waals surface area contributed by atoms with Crippen molar-refractivity contribution in [2.24, 2.45) is 5.73 Å². The highest BCUT2D eigenvalue weighted by atomic mass is 19.1. The molecule has 1 aromatic carbocycles. The number of halogens is 1. The number of nitrogens with two attached hydrogens (primary N) is 1. The van der Waals surface area contributed by atoms with Gasteiger partial charge >= 0.3 is 0 Å². The number of hydrogen-bond acceptors (Lipinski definition) is 3. The van der Waals surface area contributed by atoms with E-state index in [4.69, 9.17) is 10.5 Å². The summed E-state index contributed by atoms with van der Waals surface area (Å²) in [4.78, 5) is 11.2. The average Bonchev–Trinajstić information content (AvgIpc) is 2.37. The molecule has 106 valence electrons. The first kappa shape index (κ1) is 15.4. The van der Waals surface area contributed by atoms with Crippen LogP contribution >= 0.6 is 0 Å². The molecule has 0 radical (unpaired) electrons. The number of amides is 1. The molecular weight excluding hydrogens is 247 g/mol. The average molecular weight is 268 g/mol. The highest BCUT2D eigenvalue weighted by Crippen LogP contribution is 2.18. The number of aryl methyl sites for hydroxylation is 1. The number of primary amides is 1. The summed E-state index contributed by atoms with van der Waals surface area (Å²) in [7, 11) is 0. The molecule has 0 aliphatic carbocycles. The Balaban J connectivity index is 2.47. The van der Waals surface area contributed by atoms with Crippen LogP contribution in [0.1, 0.15) is 25.3 Å². The number of carbonyl (C=O) groups excluding carboxylic acids is 1. The van der Waals surface area contributed by atoms with Crippen LogP contribution in [0.3, 0.4) is 0 Å². The molecule has 3 N–H and O–H groups in total. The van der Waals surface area contributed by atoms with E-state index in [1.165, 1.54) is 12.1 Å². The minimum atomic E-state index is -0.409. The molecule has 1 aromatic rings. The minimum Gasteiger partial charge on any atom is -0.493 e. The van der Waals surface area contributed by atoms with E-state index in [0.717, 1.165) is 18.5 Å². The summed E-state index contributed by atoms with van der Waals surface area (Å²) in [6, 6.07) is 3.98. The molecule has 1 atom stereocenters. The second-order valence-corrected chi connectivity index (χ2v) is 4.46. The van der Waals surface area contributed by atoms with Crippen molar-refractivity contribution >= 4 is 5.91 Å². The van der Waals surface area contributed by atoms with E-state index in [-0.39, 0.29) is 5.82 Å². The molecule has 0 spiro atoms. The molecule has 1 rings (SSSR count). The Morgan fingerprint density at radius 3 is 2.89 bits per heavy atom. The normalized spacial score (nSPS) is 12.2. The lowest BCUT2D eigenvalue weighted by atomic mass is 10.2. The Morgan fingerprint density at radius 1 is 1.53 bits per heavy atom. The zero-order valence-corrected chi connectivity index (χ0v) is 11.4. The molecule has 0 bridgehead atoms. The standard InChI is InChI=1S/C14H21FN2O2/c1-3-7-17-12(14(16)18)6-8-19-13-9-11(15)5-4-10(13)2/h4-5,9,12,17H,3,6-8H2,1-2H3,(H2,16,18). The van der Waals surface area contributed by atoms with Crippen LogP contribution in [0.5, 0.6) is 5.75 Å². The van der Waals surface area contributed by atoms with Crippen molar-refractivity contribution in [1.82, 2.24) is 5.32 Å². The van der Waals surface area contributed by atoms with Gasteiger partial charge in [0.05, 0.1) is 12.6 Å². The molecule has 1 unspecified atom stereocenters. The van der Waals surface area contributed by atoms with Crippen LogP contribution in [-0.2, 0) is 4.79 Å². The Morgan fingerprint density at radius 2 is 2.26 bits per heavy atom. The van der Waals surface area contributed by atoms with Crippen molar-refractivity contribution in [3.05, 3.63) is 29.6 Å². The fraction of sp³-hybridized carbons (Fsp3) is 0.500. The molecule has 0 aromatic heterocycles. The largest absolute Gasteiger partial charge is 0.493 e. The topological polar surface area (TPSA) is 64.3 Å². The van der Waals surface area contributed by atoms with Crippen molar-refractivity contribution in [3.63, 3.8) is 0 Å². The maximum atomic E-state index is 13.1. The lowest BCUT2D eigenvalue weighted by Gasteiger charge is -2.16. The van der Waals surface area contributed by atoms with E-state index in [2.05, 4.69) is 5.32 Å². The van der Waals surface area contributed by atoms with E-state index >= 15 is 0 Å². The van der Waals surface area contributed by atoms with Crippen molar-refractivity contribution in [2.45, 2.75) is 32.7 Å². The zero-order valence-electron chi connectivity index (χ0n) is 11.4. The fourth-order valence-corrected chi connectivity index (χ4v) is 1.68. The van der Waals surface area contributed by atoms with Gasteiger partial charge in [-0.05, 0) is 31.5 Å². The molecule has 0 aliphatic heterocycles. The van der Waals surface area contributed by atoms with Crippen LogP contribution in [0.2, 0.25) is 0 Å². The number of carbonyl (C=O) groups is 1. The summed E-state index contributed by atoms with van der Waals surface area (Å²) in [5.74, 6) is -0.233. The SMILES string of the molecule is CCCNC(CCOc1cc(F)ccc1C)C(N)=O. The van der Waals surface area contributed by atoms with Gasteiger partial charge < -0.3 is 15.8 Å². The summed E-state index contributed by atoms with van der Waals surface area (Å²) in [6.07, 6.45) is 1.39. The number of benzene rings is 1. The van der Waals surface area contributed by atoms with Gasteiger partial charge in [-0.15, -0.1) is 0 Å². The molecule has 0 saturated heterocycles. The smallest absolute Gasteiger partial charge is 0.234 e. The number of ether oxygens (including phenoxy) is 1. The van der Waals surface area contributed by atoms with E-state index in [1.54, 1.807) is 6.07 Å². The maximum Gasteiger partial charge on any atom is 0.234 e. The number of hydrogen-bond donors (Lipinski definition) is 2. The van der Waals surface area contributed by atoms with Gasteiger partial charge in [-0.3, -0.25) is 4.79 Å². The van der Waals surface area contributed by atoms with Crippen LogP contribution in [-0.4, -0.2) is 25.1 Å². The van der Waals surface area contributed by atoms with Crippen molar-refractivity contribution < 1.29 is 13.9 Å². The first-order valence-electron chi connectivity index (χ1n) is 6.46. The molecule has 0 saturated carbocycles. The van der Waals surface area contributed by atoms with Crippen LogP contribution in [0.25, 0.3) is 0 Å². The van der Waals surface area contributed by atoms with E-state index in [1.807, 2.05) is 13.8 Å². The third-order valence-corrected chi connectivity index (χ3v) is 2.80. The van der Waals surface area contributed by atoms with Gasteiger partial charge in [0.15, 0.2) is 0 Å². The van der Waals surface area contributed by atoms with Crippen molar-refractivity contribution in [1.29, 1.82) is 0 Å². The number of rotatable bonds is 8. The summed E-state index contributed by atoms with van der Waals surface area (Å²) < 4.78 is 18.6. The van der Waals surface area contributed by atoms with Gasteiger partial charge in [0.2, 0.25) is 5.91 Å². The van der Waals surface area contributed by atoms with Crippen LogP contribution in [0.4, 0.5) is 4.39 Å². The minimum absolute atomic E-state index is 0.314. The Kier molecular flexibility index (Phi) is 6.29. The fourth-order valence-electron chi connectivity index (χ4n) is 1.68. The lowest BCUT2D eigenvalue weighted by Crippen LogP contribution is -2.42. The summed E-state index contributed by atoms with van der Waals surface area (Å²) >= 11 is 0. The summed E-state index contributed by atoms with van der Waals surface area (Å²) in [6.45, 7) is 4.90. The van der Waals surface area contributed by atoms with Gasteiger partial charge in [0.1, 0.15) is 11.6 Å². The maximum absolute atomic E-state index is 13.1. The second kappa shape index (κ2) is 7.74. The lowest BCUT2D eigenvalue weighted by molar-refractivity contribution is -0.120. The van der Waals surface area contributed by atoms with Crippen molar-refractivity contribution in [3.8, 4) is 5.75 Å². The van der Waals surface area contributed by atoms with Gasteiger partial charge in [-0.2, -0.15) is 0 Å². The molecular formula is C14H21FN2O2. The molecule has 5 heteroatoms. The number of nitrogens with one attached hydrogen (secondary N) is 1. The predicted molar refractivity (Wildman–Crippen MR) is 72.5 cm³/mol. The summed E-state index contributed by atoms with van der Waals surface area (Å²) in [5.41, 5.74) is 6.15. The zero-order chi connectivity index (χ0) is 14.3. The Bertz CT molecular complexity index is 424. The summed E-state index contributed by atoms with van der Waals surface area (Å²) in [5, 5.41) is 3.05. The van der Waals surface area contributed by atoms with Gasteiger partial charge in [-0.1, -0.05) is 13.0 Å². The molecule has 1 amide bonds. The molecule has 0 fully saturated rings. The molecule has 4 nitrogen and oxygen atoms in total.